The van der Waals surface area contributed by atoms with Gasteiger partial charge in [0.15, 0.2) is 0 Å². The topological polar surface area (TPSA) is 129 Å². The van der Waals surface area contributed by atoms with Gasteiger partial charge in [-0.15, -0.1) is 0 Å². The third-order valence-electron chi connectivity index (χ3n) is 5.93. The summed E-state index contributed by atoms with van der Waals surface area (Å²) in [7, 11) is 1.37. The number of aromatic nitrogens is 2. The van der Waals surface area contributed by atoms with Crippen LogP contribution in [0, 0.1) is 23.0 Å². The number of rotatable bonds is 6. The molecule has 4 N–H and O–H groups in total. The first-order chi connectivity index (χ1) is 16.3. The molecule has 1 aliphatic rings. The normalized spacial score (nSPS) is 14.1. The van der Waals surface area contributed by atoms with Crippen LogP contribution in [0.5, 0.6) is 5.75 Å². The van der Waals surface area contributed by atoms with Crippen LogP contribution in [0.3, 0.4) is 0 Å². The predicted molar refractivity (Wildman–Crippen MR) is 120 cm³/mol. The van der Waals surface area contributed by atoms with E-state index in [0.717, 1.165) is 12.1 Å². The van der Waals surface area contributed by atoms with Crippen LogP contribution in [-0.4, -0.2) is 36.0 Å². The molecule has 1 fully saturated rings. The highest BCUT2D eigenvalue weighted by Crippen LogP contribution is 2.35. The minimum absolute atomic E-state index is 0.00614. The number of nitrogen functional groups attached to an aromatic ring is 1. The van der Waals surface area contributed by atoms with E-state index in [1.165, 1.54) is 17.9 Å². The maximum atomic E-state index is 15.2. The molecule has 1 saturated heterocycles. The Balaban J connectivity index is 1.73. The second kappa shape index (κ2) is 9.49. The molecule has 2 aromatic carbocycles. The van der Waals surface area contributed by atoms with Crippen LogP contribution in [0.2, 0.25) is 0 Å². The molecule has 1 amide bonds. The van der Waals surface area contributed by atoms with Gasteiger partial charge in [0.05, 0.1) is 18.7 Å². The summed E-state index contributed by atoms with van der Waals surface area (Å²) in [6, 6.07) is 8.65. The molecule has 8 nitrogen and oxygen atoms in total. The number of carbonyl (C=O) groups excluding carboxylic acids is 1. The van der Waals surface area contributed by atoms with Crippen molar-refractivity contribution in [2.24, 2.45) is 5.73 Å². The molecule has 0 unspecified atom stereocenters. The van der Waals surface area contributed by atoms with Crippen LogP contribution in [0.15, 0.2) is 30.3 Å². The molecule has 34 heavy (non-hydrogen) atoms. The van der Waals surface area contributed by atoms with E-state index in [4.69, 9.17) is 20.9 Å². The SMILES string of the molecule is COc1c(Cc2cc(F)c(-c3nn(C4CCOCC4)c(N)c3C#N)cc2F)cccc1C(N)=O. The monoisotopic (exact) mass is 467 g/mol. The number of nitrogens with zero attached hydrogens (tertiary/aromatic N) is 3. The summed E-state index contributed by atoms with van der Waals surface area (Å²) in [4.78, 5) is 11.7. The Labute approximate surface area is 194 Å². The van der Waals surface area contributed by atoms with E-state index in [9.17, 15) is 10.1 Å². The van der Waals surface area contributed by atoms with Crippen molar-refractivity contribution < 1.29 is 23.0 Å². The van der Waals surface area contributed by atoms with Gasteiger partial charge in [-0.05, 0) is 42.2 Å². The predicted octanol–water partition coefficient (Wildman–Crippen LogP) is 3.33. The number of primary amides is 1. The van der Waals surface area contributed by atoms with E-state index in [2.05, 4.69) is 5.10 Å². The lowest BCUT2D eigenvalue weighted by Gasteiger charge is -2.23. The maximum absolute atomic E-state index is 15.2. The van der Waals surface area contributed by atoms with Gasteiger partial charge in [-0.25, -0.2) is 13.5 Å². The van der Waals surface area contributed by atoms with Gasteiger partial charge in [-0.1, -0.05) is 12.1 Å². The molecule has 1 aromatic heterocycles. The number of ether oxygens (including phenoxy) is 2. The zero-order valence-electron chi connectivity index (χ0n) is 18.5. The lowest BCUT2D eigenvalue weighted by Crippen LogP contribution is -2.21. The summed E-state index contributed by atoms with van der Waals surface area (Å²) >= 11 is 0. The summed E-state index contributed by atoms with van der Waals surface area (Å²) in [5, 5.41) is 14.0. The number of para-hydroxylation sites is 1. The first-order valence-corrected chi connectivity index (χ1v) is 10.7. The number of benzene rings is 2. The summed E-state index contributed by atoms with van der Waals surface area (Å²) in [6.45, 7) is 1.05. The fourth-order valence-corrected chi connectivity index (χ4v) is 4.22. The molecule has 1 aliphatic heterocycles. The van der Waals surface area contributed by atoms with Crippen LogP contribution in [-0.2, 0) is 11.2 Å². The number of hydrogen-bond acceptors (Lipinski definition) is 6. The highest BCUT2D eigenvalue weighted by molar-refractivity contribution is 5.96. The second-order valence-electron chi connectivity index (χ2n) is 7.97. The molecular formula is C24H23F2N5O3. The van der Waals surface area contributed by atoms with E-state index in [1.54, 1.807) is 12.1 Å². The smallest absolute Gasteiger partial charge is 0.252 e. The Morgan fingerprint density at radius 1 is 1.26 bits per heavy atom. The van der Waals surface area contributed by atoms with Gasteiger partial charge in [0, 0.05) is 25.2 Å². The Hall–Kier alpha value is -3.97. The first kappa shape index (κ1) is 23.2. The van der Waals surface area contributed by atoms with Crippen molar-refractivity contribution in [3.8, 4) is 23.1 Å². The quantitative estimate of drug-likeness (QED) is 0.572. The van der Waals surface area contributed by atoms with Gasteiger partial charge >= 0.3 is 0 Å². The fourth-order valence-electron chi connectivity index (χ4n) is 4.22. The third kappa shape index (κ3) is 4.18. The van der Waals surface area contributed by atoms with Crippen molar-refractivity contribution in [1.29, 1.82) is 5.26 Å². The highest BCUT2D eigenvalue weighted by atomic mass is 19.1. The zero-order valence-corrected chi connectivity index (χ0v) is 18.5. The lowest BCUT2D eigenvalue weighted by molar-refractivity contribution is 0.0669. The van der Waals surface area contributed by atoms with Crippen LogP contribution in [0.4, 0.5) is 14.6 Å². The number of nitriles is 1. The Morgan fingerprint density at radius 2 is 2.00 bits per heavy atom. The van der Waals surface area contributed by atoms with Gasteiger partial charge in [0.2, 0.25) is 0 Å². The molecule has 176 valence electrons. The highest BCUT2D eigenvalue weighted by Gasteiger charge is 2.26. The lowest BCUT2D eigenvalue weighted by atomic mass is 9.98. The van der Waals surface area contributed by atoms with Gasteiger partial charge in [-0.3, -0.25) is 4.79 Å². The molecule has 0 spiro atoms. The fraction of sp³-hybridized carbons (Fsp3) is 0.292. The minimum atomic E-state index is -0.755. The third-order valence-corrected chi connectivity index (χ3v) is 5.93. The van der Waals surface area contributed by atoms with Crippen molar-refractivity contribution in [1.82, 2.24) is 9.78 Å². The number of halogens is 2. The zero-order chi connectivity index (χ0) is 24.4. The number of nitrogens with two attached hydrogens (primary N) is 2. The van der Waals surface area contributed by atoms with Crippen LogP contribution in [0.25, 0.3) is 11.3 Å². The Morgan fingerprint density at radius 3 is 2.65 bits per heavy atom. The second-order valence-corrected chi connectivity index (χ2v) is 7.97. The van der Waals surface area contributed by atoms with E-state index in [1.807, 2.05) is 6.07 Å². The maximum Gasteiger partial charge on any atom is 0.252 e. The molecule has 0 radical (unpaired) electrons. The number of anilines is 1. The van der Waals surface area contributed by atoms with Crippen LogP contribution < -0.4 is 16.2 Å². The summed E-state index contributed by atoms with van der Waals surface area (Å²) < 4.78 is 42.5. The van der Waals surface area contributed by atoms with E-state index < -0.39 is 17.5 Å². The summed E-state index contributed by atoms with van der Waals surface area (Å²) in [5.41, 5.74) is 12.0. The first-order valence-electron chi connectivity index (χ1n) is 10.7. The van der Waals surface area contributed by atoms with Crippen molar-refractivity contribution in [2.75, 3.05) is 26.1 Å². The molecule has 3 aromatic rings. The van der Waals surface area contributed by atoms with E-state index in [0.29, 0.717) is 31.6 Å². The number of methoxy groups -OCH3 is 1. The number of hydrogen-bond donors (Lipinski definition) is 2. The minimum Gasteiger partial charge on any atom is -0.496 e. The number of amides is 1. The van der Waals surface area contributed by atoms with Gasteiger partial charge < -0.3 is 20.9 Å². The summed E-state index contributed by atoms with van der Waals surface area (Å²) in [6.07, 6.45) is 1.26. The molecule has 0 atom stereocenters. The number of carbonyl (C=O) groups is 1. The van der Waals surface area contributed by atoms with Gasteiger partial charge in [-0.2, -0.15) is 10.4 Å². The standard InChI is InChI=1S/C24H23F2N5O3/c1-33-22-13(3-2-4-16(22)24(29)32)9-14-10-20(26)17(11-19(14)25)21-18(12-27)23(28)31(30-21)15-5-7-34-8-6-15/h2-4,10-11,15H,5-9,28H2,1H3,(H2,29,32). The van der Waals surface area contributed by atoms with Crippen LogP contribution in [0.1, 0.15) is 45.9 Å². The van der Waals surface area contributed by atoms with E-state index in [-0.39, 0.29) is 52.0 Å². The molecule has 0 aliphatic carbocycles. The van der Waals surface area contributed by atoms with Crippen molar-refractivity contribution in [3.05, 3.63) is 64.2 Å². The molecule has 4 rings (SSSR count). The Kier molecular flexibility index (Phi) is 6.47. The molecule has 2 heterocycles. The Bertz CT molecular complexity index is 1290. The van der Waals surface area contributed by atoms with E-state index >= 15 is 8.78 Å². The average Bonchev–Trinajstić information content (AvgIpc) is 3.17. The van der Waals surface area contributed by atoms with Crippen molar-refractivity contribution in [3.63, 3.8) is 0 Å². The molecule has 10 heteroatoms. The average molecular weight is 467 g/mol. The van der Waals surface area contributed by atoms with Crippen LogP contribution >= 0.6 is 0 Å². The van der Waals surface area contributed by atoms with Gasteiger partial charge in [0.1, 0.15) is 40.5 Å². The van der Waals surface area contributed by atoms with Crippen molar-refractivity contribution >= 4 is 11.7 Å². The summed E-state index contributed by atoms with van der Waals surface area (Å²) in [5.74, 6) is -1.84. The van der Waals surface area contributed by atoms with Crippen molar-refractivity contribution in [2.45, 2.75) is 25.3 Å². The van der Waals surface area contributed by atoms with Gasteiger partial charge in [0.25, 0.3) is 5.91 Å². The molecule has 0 saturated carbocycles. The molecule has 0 bridgehead atoms. The largest absolute Gasteiger partial charge is 0.496 e. The molecular weight excluding hydrogens is 444 g/mol.